The molecule has 8 heteroatoms. The van der Waals surface area contributed by atoms with Gasteiger partial charge in [-0.3, -0.25) is 4.68 Å². The highest BCUT2D eigenvalue weighted by atomic mass is 35.5. The number of hydrogen-bond donors (Lipinski definition) is 0. The van der Waals surface area contributed by atoms with Gasteiger partial charge in [-0.15, -0.1) is 0 Å². The van der Waals surface area contributed by atoms with Gasteiger partial charge in [0.15, 0.2) is 0 Å². The van der Waals surface area contributed by atoms with Gasteiger partial charge in [0.05, 0.1) is 5.69 Å². The average Bonchev–Trinajstić information content (AvgIpc) is 2.87. The normalized spacial score (nSPS) is 11.4. The molecule has 0 saturated heterocycles. The van der Waals surface area contributed by atoms with E-state index in [1.54, 1.807) is 23.7 Å². The van der Waals surface area contributed by atoms with Crippen LogP contribution in [0.1, 0.15) is 41.0 Å². The number of esters is 1. The third-order valence-corrected chi connectivity index (χ3v) is 5.07. The minimum absolute atomic E-state index is 0.120. The first-order chi connectivity index (χ1) is 13.2. The lowest BCUT2D eigenvalue weighted by molar-refractivity contribution is 0.0473. The first-order valence-electron chi connectivity index (χ1n) is 8.80. The topological polar surface area (TPSA) is 74.3 Å². The number of aryl methyl sites for hydroxylation is 2. The van der Waals surface area contributed by atoms with Crippen molar-refractivity contribution in [3.63, 3.8) is 0 Å². The number of ether oxygens (including phenoxy) is 1. The van der Waals surface area contributed by atoms with Gasteiger partial charge < -0.3 is 9.15 Å². The van der Waals surface area contributed by atoms with Gasteiger partial charge in [-0.2, -0.15) is 5.10 Å². The number of aromatic nitrogens is 2. The highest BCUT2D eigenvalue weighted by molar-refractivity contribution is 6.33. The van der Waals surface area contributed by atoms with Crippen LogP contribution in [0.2, 0.25) is 10.2 Å². The molecule has 0 amide bonds. The summed E-state index contributed by atoms with van der Waals surface area (Å²) < 4.78 is 12.2. The van der Waals surface area contributed by atoms with Crippen molar-refractivity contribution < 1.29 is 13.9 Å². The fourth-order valence-corrected chi connectivity index (χ4v) is 3.42. The molecule has 0 saturated carbocycles. The highest BCUT2D eigenvalue weighted by Crippen LogP contribution is 2.27. The van der Waals surface area contributed by atoms with Gasteiger partial charge in [-0.1, -0.05) is 37.0 Å². The highest BCUT2D eigenvalue weighted by Gasteiger charge is 2.22. The minimum Gasteiger partial charge on any atom is -0.457 e. The largest absolute Gasteiger partial charge is 0.457 e. The predicted molar refractivity (Wildman–Crippen MR) is 108 cm³/mol. The van der Waals surface area contributed by atoms with E-state index in [4.69, 9.17) is 32.4 Å². The van der Waals surface area contributed by atoms with Crippen LogP contribution in [0.15, 0.2) is 27.4 Å². The van der Waals surface area contributed by atoms with E-state index in [9.17, 15) is 9.59 Å². The minimum atomic E-state index is -0.600. The van der Waals surface area contributed by atoms with Gasteiger partial charge in [0.1, 0.15) is 22.9 Å². The molecule has 2 heterocycles. The van der Waals surface area contributed by atoms with E-state index in [2.05, 4.69) is 5.10 Å². The van der Waals surface area contributed by atoms with Crippen LogP contribution >= 0.6 is 23.2 Å². The fraction of sp³-hybridized carbons (Fsp3) is 0.350. The smallest absolute Gasteiger partial charge is 0.343 e. The number of halogens is 2. The Morgan fingerprint density at radius 1 is 1.25 bits per heavy atom. The van der Waals surface area contributed by atoms with Gasteiger partial charge >= 0.3 is 11.6 Å². The van der Waals surface area contributed by atoms with Crippen LogP contribution in [-0.2, 0) is 17.9 Å². The molecular weight excluding hydrogens is 403 g/mol. The molecule has 0 fully saturated rings. The molecule has 6 nitrogen and oxygen atoms in total. The summed E-state index contributed by atoms with van der Waals surface area (Å²) in [5.41, 5.74) is 1.87. The molecule has 0 aliphatic rings. The van der Waals surface area contributed by atoms with Crippen molar-refractivity contribution in [3.05, 3.63) is 61.2 Å². The van der Waals surface area contributed by atoms with Crippen molar-refractivity contribution in [2.24, 2.45) is 5.92 Å². The molecule has 1 aromatic carbocycles. The van der Waals surface area contributed by atoms with E-state index in [0.717, 1.165) is 5.56 Å². The van der Waals surface area contributed by atoms with E-state index in [0.29, 0.717) is 39.7 Å². The van der Waals surface area contributed by atoms with Crippen molar-refractivity contribution in [2.75, 3.05) is 0 Å². The Hall–Kier alpha value is -2.31. The molecule has 3 rings (SSSR count). The maximum absolute atomic E-state index is 12.6. The summed E-state index contributed by atoms with van der Waals surface area (Å²) in [6.45, 7) is 8.05. The summed E-state index contributed by atoms with van der Waals surface area (Å²) >= 11 is 12.5. The van der Waals surface area contributed by atoms with E-state index >= 15 is 0 Å². The van der Waals surface area contributed by atoms with Gasteiger partial charge in [-0.25, -0.2) is 9.59 Å². The molecule has 0 unspecified atom stereocenters. The van der Waals surface area contributed by atoms with Gasteiger partial charge in [0.25, 0.3) is 0 Å². The Kier molecular flexibility index (Phi) is 5.82. The van der Waals surface area contributed by atoms with Gasteiger partial charge in [0.2, 0.25) is 0 Å². The lowest BCUT2D eigenvalue weighted by Gasteiger charge is -2.09. The zero-order valence-corrected chi connectivity index (χ0v) is 17.5. The lowest BCUT2D eigenvalue weighted by atomic mass is 10.1. The average molecular weight is 423 g/mol. The van der Waals surface area contributed by atoms with Crippen LogP contribution < -0.4 is 5.63 Å². The summed E-state index contributed by atoms with van der Waals surface area (Å²) in [5, 5.41) is 5.70. The van der Waals surface area contributed by atoms with Crippen LogP contribution in [0, 0.1) is 19.8 Å². The SMILES string of the molecule is Cc1cc2oc(=O)cc(COC(=O)c3c(C)nn(CC(C)C)c3Cl)c2cc1Cl. The first-order valence-corrected chi connectivity index (χ1v) is 9.56. The van der Waals surface area contributed by atoms with Crippen molar-refractivity contribution in [3.8, 4) is 0 Å². The molecule has 2 aromatic heterocycles. The van der Waals surface area contributed by atoms with Crippen molar-refractivity contribution in [2.45, 2.75) is 40.8 Å². The number of rotatable bonds is 5. The summed E-state index contributed by atoms with van der Waals surface area (Å²) in [5.74, 6) is -0.277. The third kappa shape index (κ3) is 4.08. The van der Waals surface area contributed by atoms with Crippen LogP contribution in [0.5, 0.6) is 0 Å². The van der Waals surface area contributed by atoms with E-state index in [1.807, 2.05) is 20.8 Å². The summed E-state index contributed by atoms with van der Waals surface area (Å²) in [6.07, 6.45) is 0. The van der Waals surface area contributed by atoms with Crippen molar-refractivity contribution in [1.82, 2.24) is 9.78 Å². The van der Waals surface area contributed by atoms with Crippen LogP contribution in [0.4, 0.5) is 0 Å². The van der Waals surface area contributed by atoms with E-state index < -0.39 is 11.6 Å². The fourth-order valence-electron chi connectivity index (χ4n) is 2.94. The summed E-state index contributed by atoms with van der Waals surface area (Å²) in [6, 6.07) is 4.66. The lowest BCUT2D eigenvalue weighted by Crippen LogP contribution is -2.10. The number of carbonyl (C=O) groups excluding carboxylic acids is 1. The molecule has 28 heavy (non-hydrogen) atoms. The zero-order valence-electron chi connectivity index (χ0n) is 16.0. The van der Waals surface area contributed by atoms with E-state index in [1.165, 1.54) is 6.07 Å². The molecule has 0 atom stereocenters. The number of hydrogen-bond acceptors (Lipinski definition) is 5. The maximum atomic E-state index is 12.6. The second kappa shape index (κ2) is 7.97. The second-order valence-corrected chi connectivity index (χ2v) is 7.86. The maximum Gasteiger partial charge on any atom is 0.343 e. The Morgan fingerprint density at radius 3 is 2.64 bits per heavy atom. The van der Waals surface area contributed by atoms with Crippen molar-refractivity contribution in [1.29, 1.82) is 0 Å². The monoisotopic (exact) mass is 422 g/mol. The van der Waals surface area contributed by atoms with Crippen LogP contribution in [-0.4, -0.2) is 15.7 Å². The summed E-state index contributed by atoms with van der Waals surface area (Å²) in [4.78, 5) is 24.5. The Labute approximate surface area is 172 Å². The molecular formula is C20H20Cl2N2O4. The Bertz CT molecular complexity index is 1120. The quantitative estimate of drug-likeness (QED) is 0.430. The Balaban J connectivity index is 1.89. The predicted octanol–water partition coefficient (Wildman–Crippen LogP) is 4.93. The summed E-state index contributed by atoms with van der Waals surface area (Å²) in [7, 11) is 0. The van der Waals surface area contributed by atoms with Crippen LogP contribution in [0.3, 0.4) is 0 Å². The third-order valence-electron chi connectivity index (χ3n) is 4.28. The molecule has 3 aromatic rings. The number of benzene rings is 1. The molecule has 148 valence electrons. The number of carbonyl (C=O) groups is 1. The van der Waals surface area contributed by atoms with Gasteiger partial charge in [-0.05, 0) is 37.5 Å². The molecule has 0 spiro atoms. The Morgan fingerprint density at radius 2 is 1.96 bits per heavy atom. The number of fused-ring (bicyclic) bond motifs is 1. The number of nitrogens with zero attached hydrogens (tertiary/aromatic N) is 2. The molecule has 0 aliphatic heterocycles. The molecule has 0 N–H and O–H groups in total. The molecule has 0 aliphatic carbocycles. The molecule has 0 bridgehead atoms. The zero-order chi connectivity index (χ0) is 20.6. The second-order valence-electron chi connectivity index (χ2n) is 7.09. The van der Waals surface area contributed by atoms with E-state index in [-0.39, 0.29) is 17.3 Å². The van der Waals surface area contributed by atoms with Crippen molar-refractivity contribution >= 4 is 40.1 Å². The molecule has 0 radical (unpaired) electrons. The first kappa shape index (κ1) is 20.4. The standard InChI is InChI=1S/C20H20Cl2N2O4/c1-10(2)8-24-19(22)18(12(4)23-24)20(26)27-9-13-6-17(25)28-16-5-11(3)15(21)7-14(13)16/h5-7,10H,8-9H2,1-4H3. The van der Waals surface area contributed by atoms with Gasteiger partial charge in [0, 0.05) is 28.6 Å². The van der Waals surface area contributed by atoms with Crippen LogP contribution in [0.25, 0.3) is 11.0 Å².